The zero-order valence-electron chi connectivity index (χ0n) is 16.3. The van der Waals surface area contributed by atoms with E-state index in [0.717, 1.165) is 29.4 Å². The zero-order chi connectivity index (χ0) is 21.8. The standard InChI is InChI=1S/C21H19ClF3N3O2S/c22-17-3-1-2-4-18(17)29-11-19-26-27-20(28(19)15-7-8-15)31-12-14-5-9-16(10-6-14)30-13-21(23,24)25/h1-6,9-10,15H,7-8,11-13H2. The molecule has 5 nitrogen and oxygen atoms in total. The number of alkyl halides is 3. The van der Waals surface area contributed by atoms with Gasteiger partial charge in [-0.05, 0) is 42.7 Å². The first-order valence-electron chi connectivity index (χ1n) is 9.61. The molecule has 4 rings (SSSR count). The van der Waals surface area contributed by atoms with E-state index in [9.17, 15) is 13.2 Å². The van der Waals surface area contributed by atoms with Crippen LogP contribution in [-0.4, -0.2) is 27.5 Å². The van der Waals surface area contributed by atoms with E-state index in [1.807, 2.05) is 12.1 Å². The first kappa shape index (κ1) is 21.8. The van der Waals surface area contributed by atoms with E-state index in [4.69, 9.17) is 21.1 Å². The van der Waals surface area contributed by atoms with Crippen molar-refractivity contribution in [3.8, 4) is 11.5 Å². The molecular formula is C21H19ClF3N3O2S. The molecule has 3 aromatic rings. The highest BCUT2D eigenvalue weighted by atomic mass is 35.5. The second kappa shape index (κ2) is 9.40. The summed E-state index contributed by atoms with van der Waals surface area (Å²) < 4.78 is 49.4. The van der Waals surface area contributed by atoms with Gasteiger partial charge in [0.2, 0.25) is 0 Å². The molecule has 0 bridgehead atoms. The number of hydrogen-bond donors (Lipinski definition) is 0. The summed E-state index contributed by atoms with van der Waals surface area (Å²) in [4.78, 5) is 0. The first-order chi connectivity index (χ1) is 14.9. The van der Waals surface area contributed by atoms with Crippen molar-refractivity contribution in [3.05, 3.63) is 64.9 Å². The number of para-hydroxylation sites is 1. The summed E-state index contributed by atoms with van der Waals surface area (Å²) >= 11 is 7.67. The van der Waals surface area contributed by atoms with Gasteiger partial charge in [-0.3, -0.25) is 4.57 Å². The number of aromatic nitrogens is 3. The minimum atomic E-state index is -4.35. The van der Waals surface area contributed by atoms with Gasteiger partial charge in [-0.1, -0.05) is 47.6 Å². The minimum Gasteiger partial charge on any atom is -0.484 e. The molecule has 1 aromatic heterocycles. The molecule has 1 aliphatic rings. The van der Waals surface area contributed by atoms with E-state index in [0.29, 0.717) is 22.6 Å². The van der Waals surface area contributed by atoms with Crippen LogP contribution in [0.2, 0.25) is 5.02 Å². The van der Waals surface area contributed by atoms with Crippen LogP contribution < -0.4 is 9.47 Å². The highest BCUT2D eigenvalue weighted by Crippen LogP contribution is 2.39. The van der Waals surface area contributed by atoms with E-state index in [-0.39, 0.29) is 12.4 Å². The minimum absolute atomic E-state index is 0.186. The van der Waals surface area contributed by atoms with Crippen LogP contribution in [-0.2, 0) is 12.4 Å². The quantitative estimate of drug-likeness (QED) is 0.355. The molecule has 0 atom stereocenters. The van der Waals surface area contributed by atoms with Crippen LogP contribution in [0.1, 0.15) is 30.3 Å². The lowest BCUT2D eigenvalue weighted by Gasteiger charge is -2.11. The van der Waals surface area contributed by atoms with Crippen LogP contribution in [0, 0.1) is 0 Å². The third kappa shape index (κ3) is 6.07. The zero-order valence-corrected chi connectivity index (χ0v) is 17.9. The number of ether oxygens (including phenoxy) is 2. The van der Waals surface area contributed by atoms with Gasteiger partial charge in [0.1, 0.15) is 18.1 Å². The van der Waals surface area contributed by atoms with Crippen LogP contribution in [0.3, 0.4) is 0 Å². The van der Waals surface area contributed by atoms with E-state index in [1.165, 1.54) is 23.9 Å². The fraction of sp³-hybridized carbons (Fsp3) is 0.333. The van der Waals surface area contributed by atoms with Crippen molar-refractivity contribution in [1.82, 2.24) is 14.8 Å². The Hall–Kier alpha value is -2.39. The summed E-state index contributed by atoms with van der Waals surface area (Å²) in [6.07, 6.45) is -2.22. The van der Waals surface area contributed by atoms with Gasteiger partial charge in [0, 0.05) is 11.8 Å². The monoisotopic (exact) mass is 469 g/mol. The normalized spacial score (nSPS) is 13.9. The molecule has 0 spiro atoms. The molecule has 0 amide bonds. The molecule has 1 saturated carbocycles. The molecule has 1 aliphatic carbocycles. The highest BCUT2D eigenvalue weighted by Gasteiger charge is 2.30. The smallest absolute Gasteiger partial charge is 0.422 e. The topological polar surface area (TPSA) is 49.2 Å². The molecule has 2 aromatic carbocycles. The Morgan fingerprint density at radius 1 is 1.03 bits per heavy atom. The average molecular weight is 470 g/mol. The second-order valence-electron chi connectivity index (χ2n) is 7.06. The molecule has 1 fully saturated rings. The third-order valence-corrected chi connectivity index (χ3v) is 5.86. The Balaban J connectivity index is 1.37. The van der Waals surface area contributed by atoms with Crippen LogP contribution in [0.4, 0.5) is 13.2 Å². The molecular weight excluding hydrogens is 451 g/mol. The Bertz CT molecular complexity index is 1020. The van der Waals surface area contributed by atoms with Crippen molar-refractivity contribution in [3.63, 3.8) is 0 Å². The van der Waals surface area contributed by atoms with Crippen LogP contribution >= 0.6 is 23.4 Å². The van der Waals surface area contributed by atoms with Crippen molar-refractivity contribution >= 4 is 23.4 Å². The summed E-state index contributed by atoms with van der Waals surface area (Å²) in [6.45, 7) is -1.04. The molecule has 0 saturated heterocycles. The van der Waals surface area contributed by atoms with Crippen molar-refractivity contribution in [2.24, 2.45) is 0 Å². The van der Waals surface area contributed by atoms with Crippen LogP contribution in [0.5, 0.6) is 11.5 Å². The first-order valence-corrected chi connectivity index (χ1v) is 11.0. The molecule has 0 N–H and O–H groups in total. The Morgan fingerprint density at radius 3 is 2.45 bits per heavy atom. The average Bonchev–Trinajstić information content (AvgIpc) is 3.50. The van der Waals surface area contributed by atoms with Gasteiger partial charge in [-0.15, -0.1) is 10.2 Å². The Morgan fingerprint density at radius 2 is 1.77 bits per heavy atom. The lowest BCUT2D eigenvalue weighted by atomic mass is 10.2. The Kier molecular flexibility index (Phi) is 6.62. The van der Waals surface area contributed by atoms with Gasteiger partial charge >= 0.3 is 6.18 Å². The molecule has 0 unspecified atom stereocenters. The fourth-order valence-electron chi connectivity index (χ4n) is 2.90. The molecule has 1 heterocycles. The van der Waals surface area contributed by atoms with Crippen molar-refractivity contribution in [2.45, 2.75) is 42.6 Å². The highest BCUT2D eigenvalue weighted by molar-refractivity contribution is 7.98. The fourth-order valence-corrected chi connectivity index (χ4v) is 4.07. The van der Waals surface area contributed by atoms with Gasteiger partial charge in [-0.2, -0.15) is 13.2 Å². The van der Waals surface area contributed by atoms with Crippen molar-refractivity contribution in [1.29, 1.82) is 0 Å². The maximum Gasteiger partial charge on any atom is 0.422 e. The lowest BCUT2D eigenvalue weighted by molar-refractivity contribution is -0.153. The molecule has 0 aliphatic heterocycles. The summed E-state index contributed by atoms with van der Waals surface area (Å²) in [5, 5.41) is 9.94. The number of rotatable bonds is 9. The van der Waals surface area contributed by atoms with Gasteiger partial charge in [0.25, 0.3) is 0 Å². The van der Waals surface area contributed by atoms with Crippen molar-refractivity contribution in [2.75, 3.05) is 6.61 Å². The van der Waals surface area contributed by atoms with Crippen molar-refractivity contribution < 1.29 is 22.6 Å². The van der Waals surface area contributed by atoms with E-state index < -0.39 is 12.8 Å². The summed E-state index contributed by atoms with van der Waals surface area (Å²) in [6, 6.07) is 14.2. The molecule has 0 radical (unpaired) electrons. The molecule has 31 heavy (non-hydrogen) atoms. The number of nitrogens with zero attached hydrogens (tertiary/aromatic N) is 3. The molecule has 164 valence electrons. The number of hydrogen-bond acceptors (Lipinski definition) is 5. The van der Waals surface area contributed by atoms with Crippen LogP contribution in [0.25, 0.3) is 0 Å². The van der Waals surface area contributed by atoms with Crippen LogP contribution in [0.15, 0.2) is 53.7 Å². The van der Waals surface area contributed by atoms with E-state index in [2.05, 4.69) is 14.8 Å². The number of halogens is 4. The maximum atomic E-state index is 12.3. The van der Waals surface area contributed by atoms with Gasteiger partial charge in [0.15, 0.2) is 17.6 Å². The Labute approximate surface area is 186 Å². The largest absolute Gasteiger partial charge is 0.484 e. The number of benzene rings is 2. The summed E-state index contributed by atoms with van der Waals surface area (Å²) in [5.41, 5.74) is 0.948. The van der Waals surface area contributed by atoms with Gasteiger partial charge in [-0.25, -0.2) is 0 Å². The van der Waals surface area contributed by atoms with Gasteiger partial charge in [0.05, 0.1) is 5.02 Å². The van der Waals surface area contributed by atoms with E-state index in [1.54, 1.807) is 24.3 Å². The van der Waals surface area contributed by atoms with Gasteiger partial charge < -0.3 is 9.47 Å². The maximum absolute atomic E-state index is 12.3. The predicted octanol–water partition coefficient (Wildman–Crippen LogP) is 6.08. The SMILES string of the molecule is FC(F)(F)COc1ccc(CSc2nnc(COc3ccccc3Cl)n2C2CC2)cc1. The molecule has 10 heteroatoms. The second-order valence-corrected chi connectivity index (χ2v) is 8.41. The summed E-state index contributed by atoms with van der Waals surface area (Å²) in [7, 11) is 0. The van der Waals surface area contributed by atoms with E-state index >= 15 is 0 Å². The third-order valence-electron chi connectivity index (χ3n) is 4.53. The lowest BCUT2D eigenvalue weighted by Crippen LogP contribution is -2.19. The number of thioether (sulfide) groups is 1. The summed E-state index contributed by atoms with van der Waals surface area (Å²) in [5.74, 6) is 2.12. The predicted molar refractivity (Wildman–Crippen MR) is 112 cm³/mol.